The number of aliphatic hydroxyl groups is 1. The number of nitrogens with one attached hydrogen (secondary N) is 1. The van der Waals surface area contributed by atoms with Gasteiger partial charge >= 0.3 is 0 Å². The molecule has 0 radical (unpaired) electrons. The van der Waals surface area contributed by atoms with Crippen LogP contribution in [0.3, 0.4) is 0 Å². The molecule has 0 saturated carbocycles. The van der Waals surface area contributed by atoms with E-state index in [1.54, 1.807) is 6.20 Å². The summed E-state index contributed by atoms with van der Waals surface area (Å²) in [6.45, 7) is 7.78. The Morgan fingerprint density at radius 1 is 1.47 bits per heavy atom. The van der Waals surface area contributed by atoms with Gasteiger partial charge in [-0.3, -0.25) is 4.68 Å². The fourth-order valence-corrected chi connectivity index (χ4v) is 2.08. The molecule has 2 unspecified atom stereocenters. The molecule has 4 nitrogen and oxygen atoms in total. The third kappa shape index (κ3) is 6.19. The Balaban J connectivity index is 2.23. The molecule has 0 fully saturated rings. The molecule has 0 bridgehead atoms. The number of aliphatic hydroxyl groups excluding tert-OH is 1. The van der Waals surface area contributed by atoms with Gasteiger partial charge in [-0.15, -0.1) is 0 Å². The van der Waals surface area contributed by atoms with Gasteiger partial charge in [0.2, 0.25) is 0 Å². The van der Waals surface area contributed by atoms with E-state index in [0.29, 0.717) is 18.5 Å². The molecule has 0 aliphatic heterocycles. The molecule has 0 spiro atoms. The zero-order valence-electron chi connectivity index (χ0n) is 10.7. The molecular formula is C12H22BrN3O. The van der Waals surface area contributed by atoms with Crippen LogP contribution in [0.25, 0.3) is 0 Å². The van der Waals surface area contributed by atoms with Gasteiger partial charge in [-0.1, -0.05) is 13.8 Å². The van der Waals surface area contributed by atoms with Crippen LogP contribution >= 0.6 is 15.9 Å². The van der Waals surface area contributed by atoms with E-state index in [-0.39, 0.29) is 6.10 Å². The minimum Gasteiger partial charge on any atom is -0.392 e. The smallest absolute Gasteiger partial charge is 0.0667 e. The van der Waals surface area contributed by atoms with Crippen molar-refractivity contribution in [3.8, 4) is 0 Å². The maximum absolute atomic E-state index is 9.75. The molecule has 17 heavy (non-hydrogen) atoms. The lowest BCUT2D eigenvalue weighted by Gasteiger charge is -2.18. The number of halogens is 1. The van der Waals surface area contributed by atoms with Gasteiger partial charge in [0.05, 0.1) is 23.3 Å². The number of aromatic nitrogens is 2. The molecule has 1 aromatic heterocycles. The summed E-state index contributed by atoms with van der Waals surface area (Å²) in [4.78, 5) is 0. The predicted octanol–water partition coefficient (Wildman–Crippen LogP) is 2.03. The van der Waals surface area contributed by atoms with Crippen LogP contribution in [0.2, 0.25) is 0 Å². The zero-order valence-corrected chi connectivity index (χ0v) is 12.3. The van der Waals surface area contributed by atoms with Crippen LogP contribution in [0, 0.1) is 5.92 Å². The van der Waals surface area contributed by atoms with Crippen molar-refractivity contribution in [3.05, 3.63) is 16.9 Å². The average molecular weight is 304 g/mol. The summed E-state index contributed by atoms with van der Waals surface area (Å²) in [5.41, 5.74) is 0. The molecule has 0 amide bonds. The molecule has 0 saturated heterocycles. The monoisotopic (exact) mass is 303 g/mol. The number of hydrogen-bond acceptors (Lipinski definition) is 3. The first-order valence-electron chi connectivity index (χ1n) is 6.06. The first kappa shape index (κ1) is 14.7. The Labute approximate surface area is 112 Å². The first-order chi connectivity index (χ1) is 7.97. The second-order valence-corrected chi connectivity index (χ2v) is 5.89. The minimum absolute atomic E-state index is 0.262. The van der Waals surface area contributed by atoms with E-state index in [1.807, 2.05) is 10.9 Å². The summed E-state index contributed by atoms with van der Waals surface area (Å²) in [7, 11) is 0. The van der Waals surface area contributed by atoms with Crippen LogP contribution in [0.1, 0.15) is 27.2 Å². The summed E-state index contributed by atoms with van der Waals surface area (Å²) in [6, 6.07) is 0.295. The Morgan fingerprint density at radius 2 is 2.18 bits per heavy atom. The Morgan fingerprint density at radius 3 is 2.71 bits per heavy atom. The van der Waals surface area contributed by atoms with Crippen LogP contribution < -0.4 is 5.32 Å². The van der Waals surface area contributed by atoms with Crippen LogP contribution in [0.15, 0.2) is 16.9 Å². The van der Waals surface area contributed by atoms with Gasteiger partial charge in [0, 0.05) is 18.8 Å². The lowest BCUT2D eigenvalue weighted by molar-refractivity contribution is 0.142. The average Bonchev–Trinajstić information content (AvgIpc) is 2.60. The van der Waals surface area contributed by atoms with Crippen molar-refractivity contribution < 1.29 is 5.11 Å². The van der Waals surface area contributed by atoms with Gasteiger partial charge in [-0.25, -0.2) is 0 Å². The van der Waals surface area contributed by atoms with Gasteiger partial charge < -0.3 is 10.4 Å². The summed E-state index contributed by atoms with van der Waals surface area (Å²) in [6.07, 6.45) is 4.30. The SMILES string of the molecule is CC(C)CC(O)CNC(C)Cn1cc(Br)cn1. The van der Waals surface area contributed by atoms with E-state index < -0.39 is 0 Å². The van der Waals surface area contributed by atoms with Gasteiger partial charge in [-0.05, 0) is 35.2 Å². The summed E-state index contributed by atoms with van der Waals surface area (Å²) in [5.74, 6) is 0.532. The van der Waals surface area contributed by atoms with Gasteiger partial charge in [0.1, 0.15) is 0 Å². The summed E-state index contributed by atoms with van der Waals surface area (Å²) < 4.78 is 2.88. The van der Waals surface area contributed by atoms with Gasteiger partial charge in [0.25, 0.3) is 0 Å². The molecule has 5 heteroatoms. The van der Waals surface area contributed by atoms with Crippen molar-refractivity contribution in [2.75, 3.05) is 6.54 Å². The molecule has 0 aliphatic carbocycles. The molecule has 0 aliphatic rings. The van der Waals surface area contributed by atoms with E-state index in [4.69, 9.17) is 0 Å². The quantitative estimate of drug-likeness (QED) is 0.810. The van der Waals surface area contributed by atoms with Crippen molar-refractivity contribution in [1.29, 1.82) is 0 Å². The van der Waals surface area contributed by atoms with Crippen LogP contribution in [0.4, 0.5) is 0 Å². The van der Waals surface area contributed by atoms with E-state index in [0.717, 1.165) is 17.4 Å². The van der Waals surface area contributed by atoms with E-state index in [1.165, 1.54) is 0 Å². The topological polar surface area (TPSA) is 50.1 Å². The molecule has 2 N–H and O–H groups in total. The van der Waals surface area contributed by atoms with Crippen LogP contribution in [-0.2, 0) is 6.54 Å². The standard InChI is InChI=1S/C12H22BrN3O/c1-9(2)4-12(17)6-14-10(3)7-16-8-11(13)5-15-16/h5,8-10,12,14,17H,4,6-7H2,1-3H3. The summed E-state index contributed by atoms with van der Waals surface area (Å²) >= 11 is 3.37. The predicted molar refractivity (Wildman–Crippen MR) is 72.9 cm³/mol. The van der Waals surface area contributed by atoms with Crippen molar-refractivity contribution >= 4 is 15.9 Å². The van der Waals surface area contributed by atoms with Crippen LogP contribution in [-0.4, -0.2) is 33.6 Å². The van der Waals surface area contributed by atoms with Gasteiger partial charge in [0.15, 0.2) is 0 Å². The highest BCUT2D eigenvalue weighted by molar-refractivity contribution is 9.10. The second kappa shape index (κ2) is 7.13. The van der Waals surface area contributed by atoms with Crippen molar-refractivity contribution in [2.24, 2.45) is 5.92 Å². The van der Waals surface area contributed by atoms with Crippen molar-refractivity contribution in [1.82, 2.24) is 15.1 Å². The summed E-state index contributed by atoms with van der Waals surface area (Å²) in [5, 5.41) is 17.3. The molecule has 0 aromatic carbocycles. The third-order valence-electron chi connectivity index (χ3n) is 2.51. The molecular weight excluding hydrogens is 282 g/mol. The third-order valence-corrected chi connectivity index (χ3v) is 2.92. The molecule has 98 valence electrons. The largest absolute Gasteiger partial charge is 0.392 e. The fourth-order valence-electron chi connectivity index (χ4n) is 1.75. The maximum atomic E-state index is 9.75. The molecule has 1 heterocycles. The van der Waals surface area contributed by atoms with E-state index >= 15 is 0 Å². The van der Waals surface area contributed by atoms with E-state index in [9.17, 15) is 5.11 Å². The van der Waals surface area contributed by atoms with Crippen LogP contribution in [0.5, 0.6) is 0 Å². The lowest BCUT2D eigenvalue weighted by atomic mass is 10.1. The number of hydrogen-bond donors (Lipinski definition) is 2. The van der Waals surface area contributed by atoms with E-state index in [2.05, 4.69) is 47.1 Å². The second-order valence-electron chi connectivity index (χ2n) is 4.97. The highest BCUT2D eigenvalue weighted by Crippen LogP contribution is 2.07. The van der Waals surface area contributed by atoms with Crippen molar-refractivity contribution in [2.45, 2.75) is 45.9 Å². The number of rotatable bonds is 7. The maximum Gasteiger partial charge on any atom is 0.0667 e. The zero-order chi connectivity index (χ0) is 12.8. The number of nitrogens with zero attached hydrogens (tertiary/aromatic N) is 2. The molecule has 2 atom stereocenters. The Kier molecular flexibility index (Phi) is 6.16. The lowest BCUT2D eigenvalue weighted by Crippen LogP contribution is -2.36. The Hall–Kier alpha value is -0.390. The highest BCUT2D eigenvalue weighted by atomic mass is 79.9. The van der Waals surface area contributed by atoms with Gasteiger partial charge in [-0.2, -0.15) is 5.10 Å². The molecule has 1 aromatic rings. The molecule has 1 rings (SSSR count). The Bertz CT molecular complexity index is 327. The van der Waals surface area contributed by atoms with Crippen molar-refractivity contribution in [3.63, 3.8) is 0 Å². The minimum atomic E-state index is -0.262. The normalized spacial score (nSPS) is 15.2. The highest BCUT2D eigenvalue weighted by Gasteiger charge is 2.09. The fraction of sp³-hybridized carbons (Fsp3) is 0.750. The first-order valence-corrected chi connectivity index (χ1v) is 6.86.